The molecule has 0 saturated heterocycles. The van der Waals surface area contributed by atoms with Crippen LogP contribution in [0.25, 0.3) is 0 Å². The number of pyridine rings is 2. The molecule has 4 heteroatoms. The molecule has 0 atom stereocenters. The van der Waals surface area contributed by atoms with E-state index in [0.29, 0.717) is 6.54 Å². The lowest BCUT2D eigenvalue weighted by molar-refractivity contribution is 0.677. The number of rotatable bonds is 7. The van der Waals surface area contributed by atoms with Gasteiger partial charge in [-0.15, -0.1) is 0 Å². The molecule has 2 heterocycles. The fraction of sp³-hybridized carbons (Fsp3) is 0.179. The van der Waals surface area contributed by atoms with E-state index in [1.807, 2.05) is 60.9 Å². The second-order valence-corrected chi connectivity index (χ2v) is 7.50. The molecule has 0 aliphatic carbocycles. The smallest absolute Gasteiger partial charge is 0.0811 e. The number of nitrogens with zero attached hydrogens (tertiary/aromatic N) is 3. The summed E-state index contributed by atoms with van der Waals surface area (Å²) in [5, 5.41) is 3.40. The summed E-state index contributed by atoms with van der Waals surface area (Å²) < 4.78 is 0. The number of aryl methyl sites for hydroxylation is 2. The maximum Gasteiger partial charge on any atom is 0.0811 e. The number of aromatic nitrogens is 2. The second-order valence-electron chi connectivity index (χ2n) is 7.50. The van der Waals surface area contributed by atoms with Crippen LogP contribution in [0.1, 0.15) is 33.6 Å². The van der Waals surface area contributed by atoms with Gasteiger partial charge >= 0.3 is 0 Å². The number of nitrogens with one attached hydrogen (secondary N) is 1. The molecule has 0 radical (unpaired) electrons. The van der Waals surface area contributed by atoms with Gasteiger partial charge in [0.05, 0.1) is 17.9 Å². The van der Waals surface area contributed by atoms with E-state index in [0.717, 1.165) is 24.5 Å². The van der Waals surface area contributed by atoms with Gasteiger partial charge in [0.15, 0.2) is 0 Å². The highest BCUT2D eigenvalue weighted by Crippen LogP contribution is 2.06. The first kappa shape index (κ1) is 23.0. The fourth-order valence-electron chi connectivity index (χ4n) is 3.10. The highest BCUT2D eigenvalue weighted by atomic mass is 14.9. The molecular weight excluding hydrogens is 392 g/mol. The Morgan fingerprint density at radius 3 is 1.97 bits per heavy atom. The van der Waals surface area contributed by atoms with Crippen molar-refractivity contribution >= 4 is 6.21 Å². The van der Waals surface area contributed by atoms with Crippen molar-refractivity contribution in [3.8, 4) is 0 Å². The quantitative estimate of drug-likeness (QED) is 0.389. The van der Waals surface area contributed by atoms with Crippen LogP contribution in [0.2, 0.25) is 0 Å². The third kappa shape index (κ3) is 7.89. The summed E-state index contributed by atoms with van der Waals surface area (Å²) in [6.07, 6.45) is 5.52. The molecule has 4 nitrogen and oxygen atoms in total. The molecule has 0 aliphatic rings. The molecule has 0 saturated carbocycles. The minimum Gasteiger partial charge on any atom is -0.307 e. The van der Waals surface area contributed by atoms with Gasteiger partial charge in [-0.3, -0.25) is 15.0 Å². The molecule has 4 aromatic rings. The van der Waals surface area contributed by atoms with E-state index in [-0.39, 0.29) is 0 Å². The average Bonchev–Trinajstić information content (AvgIpc) is 2.83. The van der Waals surface area contributed by atoms with Crippen LogP contribution >= 0.6 is 0 Å². The maximum absolute atomic E-state index is 4.39. The Labute approximate surface area is 191 Å². The lowest BCUT2D eigenvalue weighted by Gasteiger charge is -2.06. The molecule has 0 fully saturated rings. The van der Waals surface area contributed by atoms with Gasteiger partial charge in [0, 0.05) is 31.7 Å². The minimum atomic E-state index is 0.634. The van der Waals surface area contributed by atoms with Crippen LogP contribution in [0.4, 0.5) is 0 Å². The van der Waals surface area contributed by atoms with Crippen molar-refractivity contribution in [2.45, 2.75) is 33.5 Å². The highest BCUT2D eigenvalue weighted by molar-refractivity contribution is 5.81. The Bertz CT molecular complexity index is 1090. The van der Waals surface area contributed by atoms with Gasteiger partial charge in [-0.25, -0.2) is 0 Å². The maximum atomic E-state index is 4.39. The van der Waals surface area contributed by atoms with Crippen LogP contribution in [0.3, 0.4) is 0 Å². The first-order chi connectivity index (χ1) is 15.7. The van der Waals surface area contributed by atoms with Gasteiger partial charge in [-0.1, -0.05) is 60.7 Å². The van der Waals surface area contributed by atoms with Gasteiger partial charge in [-0.2, -0.15) is 0 Å². The zero-order valence-electron chi connectivity index (χ0n) is 18.8. The van der Waals surface area contributed by atoms with Crippen LogP contribution in [0.15, 0.2) is 102 Å². The molecular formula is C28H30N4. The Kier molecular flexibility index (Phi) is 9.31. The van der Waals surface area contributed by atoms with E-state index in [9.17, 15) is 0 Å². The van der Waals surface area contributed by atoms with E-state index in [1.54, 1.807) is 6.20 Å². The molecule has 4 rings (SSSR count). The molecule has 0 bridgehead atoms. The van der Waals surface area contributed by atoms with Crippen LogP contribution in [-0.4, -0.2) is 16.2 Å². The monoisotopic (exact) mass is 422 g/mol. The third-order valence-electron chi connectivity index (χ3n) is 5.01. The predicted octanol–water partition coefficient (Wildman–Crippen LogP) is 5.69. The number of aliphatic imine (C=N–C) groups is 1. The van der Waals surface area contributed by atoms with Crippen molar-refractivity contribution in [1.29, 1.82) is 0 Å². The number of hydrogen-bond acceptors (Lipinski definition) is 4. The van der Waals surface area contributed by atoms with Crippen molar-refractivity contribution in [2.24, 2.45) is 4.99 Å². The van der Waals surface area contributed by atoms with Gasteiger partial charge in [-0.05, 0) is 60.4 Å². The molecule has 0 unspecified atom stereocenters. The number of hydrogen-bond donors (Lipinski definition) is 1. The number of benzene rings is 2. The van der Waals surface area contributed by atoms with Crippen molar-refractivity contribution in [3.05, 3.63) is 131 Å². The molecule has 2 aromatic carbocycles. The van der Waals surface area contributed by atoms with Crippen molar-refractivity contribution in [3.63, 3.8) is 0 Å². The van der Waals surface area contributed by atoms with Gasteiger partial charge in [0.1, 0.15) is 0 Å². The normalized spacial score (nSPS) is 10.6. The van der Waals surface area contributed by atoms with Crippen molar-refractivity contribution in [1.82, 2.24) is 15.3 Å². The topological polar surface area (TPSA) is 50.2 Å². The van der Waals surface area contributed by atoms with E-state index >= 15 is 0 Å². The van der Waals surface area contributed by atoms with Crippen LogP contribution in [0, 0.1) is 13.8 Å². The highest BCUT2D eigenvalue weighted by Gasteiger charge is 1.97. The SMILES string of the molecule is Cc1ccccc1C=NCc1ccccn1.Cc1ccccc1CNCc1ccccn1. The average molecular weight is 423 g/mol. The van der Waals surface area contributed by atoms with Gasteiger partial charge in [0.25, 0.3) is 0 Å². The molecule has 32 heavy (non-hydrogen) atoms. The minimum absolute atomic E-state index is 0.634. The zero-order chi connectivity index (χ0) is 22.4. The summed E-state index contributed by atoms with van der Waals surface area (Å²) in [6.45, 7) is 6.56. The van der Waals surface area contributed by atoms with E-state index < -0.39 is 0 Å². The van der Waals surface area contributed by atoms with Crippen LogP contribution in [-0.2, 0) is 19.6 Å². The molecule has 0 spiro atoms. The Morgan fingerprint density at radius 1 is 0.688 bits per heavy atom. The summed E-state index contributed by atoms with van der Waals surface area (Å²) in [5.41, 5.74) is 7.16. The molecule has 1 N–H and O–H groups in total. The summed E-state index contributed by atoms with van der Waals surface area (Å²) >= 11 is 0. The predicted molar refractivity (Wildman–Crippen MR) is 133 cm³/mol. The second kappa shape index (κ2) is 12.9. The van der Waals surface area contributed by atoms with E-state index in [1.165, 1.54) is 22.3 Å². The molecule has 162 valence electrons. The van der Waals surface area contributed by atoms with Crippen LogP contribution in [0.5, 0.6) is 0 Å². The van der Waals surface area contributed by atoms with Crippen molar-refractivity contribution < 1.29 is 0 Å². The van der Waals surface area contributed by atoms with E-state index in [2.05, 4.69) is 70.5 Å². The Balaban J connectivity index is 0.000000181. The standard InChI is InChI=1S/C14H16N2.C14H14N2/c2*1-12-6-2-3-7-13(12)10-15-11-14-8-4-5-9-16-14/h2-9,15H,10-11H2,1H3;2-10H,11H2,1H3. The summed E-state index contributed by atoms with van der Waals surface area (Å²) in [5.74, 6) is 0. The van der Waals surface area contributed by atoms with Gasteiger partial charge < -0.3 is 5.32 Å². The summed E-state index contributed by atoms with van der Waals surface area (Å²) in [4.78, 5) is 12.9. The Morgan fingerprint density at radius 2 is 1.31 bits per heavy atom. The zero-order valence-corrected chi connectivity index (χ0v) is 18.8. The first-order valence-electron chi connectivity index (χ1n) is 10.8. The van der Waals surface area contributed by atoms with Crippen LogP contribution < -0.4 is 5.32 Å². The lowest BCUT2D eigenvalue weighted by Crippen LogP contribution is -2.14. The summed E-state index contributed by atoms with van der Waals surface area (Å²) in [6, 6.07) is 28.5. The van der Waals surface area contributed by atoms with Crippen molar-refractivity contribution in [2.75, 3.05) is 0 Å². The first-order valence-corrected chi connectivity index (χ1v) is 10.8. The Hall–Kier alpha value is -3.63. The summed E-state index contributed by atoms with van der Waals surface area (Å²) in [7, 11) is 0. The molecule has 0 amide bonds. The molecule has 2 aromatic heterocycles. The van der Waals surface area contributed by atoms with E-state index in [4.69, 9.17) is 0 Å². The molecule has 0 aliphatic heterocycles. The van der Waals surface area contributed by atoms with Gasteiger partial charge in [0.2, 0.25) is 0 Å². The lowest BCUT2D eigenvalue weighted by atomic mass is 10.1. The fourth-order valence-corrected chi connectivity index (χ4v) is 3.10. The largest absolute Gasteiger partial charge is 0.307 e. The third-order valence-corrected chi connectivity index (χ3v) is 5.01.